The van der Waals surface area contributed by atoms with Crippen molar-refractivity contribution in [3.63, 3.8) is 0 Å². The molecule has 0 aliphatic heterocycles. The van der Waals surface area contributed by atoms with E-state index in [4.69, 9.17) is 11.6 Å². The highest BCUT2D eigenvalue weighted by atomic mass is 35.5. The summed E-state index contributed by atoms with van der Waals surface area (Å²) in [5.41, 5.74) is 3.66. The first-order valence-corrected chi connectivity index (χ1v) is 6.86. The molecule has 1 unspecified atom stereocenters. The molecule has 0 fully saturated rings. The van der Waals surface area contributed by atoms with E-state index < -0.39 is 0 Å². The van der Waals surface area contributed by atoms with Crippen molar-refractivity contribution in [1.82, 2.24) is 5.32 Å². The second-order valence-corrected chi connectivity index (χ2v) is 5.39. The molecule has 2 aromatic rings. The van der Waals surface area contributed by atoms with Crippen molar-refractivity contribution in [2.45, 2.75) is 25.4 Å². The van der Waals surface area contributed by atoms with E-state index in [0.29, 0.717) is 17.6 Å². The van der Waals surface area contributed by atoms with Gasteiger partial charge >= 0.3 is 0 Å². The molecular weight excluding hydrogens is 261 g/mol. The third-order valence-electron chi connectivity index (χ3n) is 3.61. The largest absolute Gasteiger partial charge is 0.306 e. The van der Waals surface area contributed by atoms with Gasteiger partial charge in [0, 0.05) is 17.6 Å². The summed E-state index contributed by atoms with van der Waals surface area (Å²) in [7, 11) is 0. The van der Waals surface area contributed by atoms with Gasteiger partial charge in [0.15, 0.2) is 0 Å². The molecule has 0 spiro atoms. The predicted molar refractivity (Wildman–Crippen MR) is 75.8 cm³/mol. The minimum atomic E-state index is -0.281. The van der Waals surface area contributed by atoms with E-state index in [9.17, 15) is 4.39 Å². The molecule has 0 saturated heterocycles. The smallest absolute Gasteiger partial charge is 0.125 e. The Hall–Kier alpha value is -1.38. The van der Waals surface area contributed by atoms with Gasteiger partial charge in [-0.3, -0.25) is 0 Å². The zero-order valence-corrected chi connectivity index (χ0v) is 11.3. The molecule has 19 heavy (non-hydrogen) atoms. The van der Waals surface area contributed by atoms with Crippen molar-refractivity contribution >= 4 is 11.6 Å². The Bertz CT molecular complexity index is 577. The average Bonchev–Trinajstić information content (AvgIpc) is 2.78. The zero-order chi connectivity index (χ0) is 13.2. The van der Waals surface area contributed by atoms with E-state index in [2.05, 4.69) is 29.6 Å². The van der Waals surface area contributed by atoms with Gasteiger partial charge in [0.05, 0.1) is 0 Å². The average molecular weight is 276 g/mol. The molecule has 0 radical (unpaired) electrons. The highest BCUT2D eigenvalue weighted by molar-refractivity contribution is 6.30. The second-order valence-electron chi connectivity index (χ2n) is 4.95. The van der Waals surface area contributed by atoms with Gasteiger partial charge in [-0.15, -0.1) is 0 Å². The Balaban J connectivity index is 1.70. The van der Waals surface area contributed by atoms with Crippen LogP contribution in [-0.2, 0) is 13.0 Å². The first-order valence-electron chi connectivity index (χ1n) is 6.48. The third-order valence-corrected chi connectivity index (χ3v) is 3.83. The van der Waals surface area contributed by atoms with Crippen LogP contribution in [0.4, 0.5) is 4.39 Å². The van der Waals surface area contributed by atoms with E-state index in [-0.39, 0.29) is 5.82 Å². The van der Waals surface area contributed by atoms with Crippen molar-refractivity contribution in [1.29, 1.82) is 0 Å². The Kier molecular flexibility index (Phi) is 3.54. The maximum atomic E-state index is 13.3. The van der Waals surface area contributed by atoms with E-state index in [1.54, 1.807) is 6.07 Å². The molecule has 1 nitrogen and oxygen atoms in total. The number of rotatable bonds is 3. The summed E-state index contributed by atoms with van der Waals surface area (Å²) in [6.07, 6.45) is 2.21. The fraction of sp³-hybridized carbons (Fsp3) is 0.250. The van der Waals surface area contributed by atoms with Crippen molar-refractivity contribution in [2.75, 3.05) is 0 Å². The van der Waals surface area contributed by atoms with Crippen LogP contribution in [0.2, 0.25) is 5.02 Å². The maximum absolute atomic E-state index is 13.3. The van der Waals surface area contributed by atoms with E-state index in [0.717, 1.165) is 18.4 Å². The lowest BCUT2D eigenvalue weighted by molar-refractivity contribution is 0.528. The lowest BCUT2D eigenvalue weighted by Crippen LogP contribution is -2.18. The van der Waals surface area contributed by atoms with Crippen LogP contribution in [0.1, 0.15) is 29.2 Å². The fourth-order valence-corrected chi connectivity index (χ4v) is 2.97. The highest BCUT2D eigenvalue weighted by Gasteiger charge is 2.20. The number of benzene rings is 2. The second kappa shape index (κ2) is 5.32. The van der Waals surface area contributed by atoms with E-state index >= 15 is 0 Å². The molecule has 98 valence electrons. The van der Waals surface area contributed by atoms with Crippen LogP contribution in [0.5, 0.6) is 0 Å². The molecule has 1 atom stereocenters. The highest BCUT2D eigenvalue weighted by Crippen LogP contribution is 2.31. The summed E-state index contributed by atoms with van der Waals surface area (Å²) in [6, 6.07) is 13.5. The van der Waals surface area contributed by atoms with Gasteiger partial charge in [0.25, 0.3) is 0 Å². The van der Waals surface area contributed by atoms with Crippen LogP contribution < -0.4 is 5.32 Å². The Morgan fingerprint density at radius 3 is 2.89 bits per heavy atom. The van der Waals surface area contributed by atoms with Crippen LogP contribution in [0, 0.1) is 5.82 Å². The summed E-state index contributed by atoms with van der Waals surface area (Å²) < 4.78 is 13.3. The van der Waals surface area contributed by atoms with Gasteiger partial charge in [-0.2, -0.15) is 0 Å². The molecule has 0 aromatic heterocycles. The molecule has 0 amide bonds. The number of halogens is 2. The van der Waals surface area contributed by atoms with Crippen LogP contribution in [0.25, 0.3) is 0 Å². The quantitative estimate of drug-likeness (QED) is 0.883. The first kappa shape index (κ1) is 12.6. The molecule has 1 aliphatic carbocycles. The van der Waals surface area contributed by atoms with Gasteiger partial charge in [-0.25, -0.2) is 4.39 Å². The van der Waals surface area contributed by atoms with Crippen LogP contribution >= 0.6 is 11.6 Å². The van der Waals surface area contributed by atoms with Crippen molar-refractivity contribution in [3.8, 4) is 0 Å². The van der Waals surface area contributed by atoms with Crippen LogP contribution in [0.15, 0.2) is 42.5 Å². The summed E-state index contributed by atoms with van der Waals surface area (Å²) in [4.78, 5) is 0. The van der Waals surface area contributed by atoms with Crippen molar-refractivity contribution in [2.24, 2.45) is 0 Å². The van der Waals surface area contributed by atoms with Gasteiger partial charge in [0.1, 0.15) is 5.82 Å². The molecule has 3 heteroatoms. The first-order chi connectivity index (χ1) is 9.22. The Labute approximate surface area is 117 Å². The molecular formula is C16H15ClFN. The molecule has 2 aromatic carbocycles. The van der Waals surface area contributed by atoms with Gasteiger partial charge in [0.2, 0.25) is 0 Å². The number of hydrogen-bond acceptors (Lipinski definition) is 1. The van der Waals surface area contributed by atoms with Crippen molar-refractivity contribution < 1.29 is 4.39 Å². The number of aryl methyl sites for hydroxylation is 1. The number of hydrogen-bond donors (Lipinski definition) is 1. The fourth-order valence-electron chi connectivity index (χ4n) is 2.72. The SMILES string of the molecule is Fc1cc(Cl)cc(CNC2CCc3ccccc32)c1. The summed E-state index contributed by atoms with van der Waals surface area (Å²) >= 11 is 5.86. The third kappa shape index (κ3) is 2.80. The predicted octanol–water partition coefficient (Wildman–Crippen LogP) is 4.26. The molecule has 0 bridgehead atoms. The van der Waals surface area contributed by atoms with Crippen LogP contribution in [-0.4, -0.2) is 0 Å². The van der Waals surface area contributed by atoms with E-state index in [1.165, 1.54) is 23.3 Å². The molecule has 0 saturated carbocycles. The normalized spacial score (nSPS) is 17.5. The number of fused-ring (bicyclic) bond motifs is 1. The minimum absolute atomic E-state index is 0.281. The summed E-state index contributed by atoms with van der Waals surface area (Å²) in [5, 5.41) is 3.93. The van der Waals surface area contributed by atoms with Gasteiger partial charge in [-0.05, 0) is 47.7 Å². The standard InChI is InChI=1S/C16H15ClFN/c17-13-7-11(8-14(18)9-13)10-19-16-6-5-12-3-1-2-4-15(12)16/h1-4,7-9,16,19H,5-6,10H2. The molecule has 1 N–H and O–H groups in total. The minimum Gasteiger partial charge on any atom is -0.306 e. The lowest BCUT2D eigenvalue weighted by atomic mass is 10.1. The van der Waals surface area contributed by atoms with Crippen molar-refractivity contribution in [3.05, 3.63) is 70.0 Å². The van der Waals surface area contributed by atoms with E-state index in [1.807, 2.05) is 0 Å². The number of nitrogens with one attached hydrogen (secondary N) is 1. The topological polar surface area (TPSA) is 12.0 Å². The van der Waals surface area contributed by atoms with Gasteiger partial charge in [-0.1, -0.05) is 35.9 Å². The molecule has 1 aliphatic rings. The Morgan fingerprint density at radius 2 is 2.05 bits per heavy atom. The maximum Gasteiger partial charge on any atom is 0.125 e. The Morgan fingerprint density at radius 1 is 1.21 bits per heavy atom. The summed E-state index contributed by atoms with van der Waals surface area (Å²) in [6.45, 7) is 0.635. The molecule has 3 rings (SSSR count). The van der Waals surface area contributed by atoms with Gasteiger partial charge < -0.3 is 5.32 Å². The summed E-state index contributed by atoms with van der Waals surface area (Å²) in [5.74, 6) is -0.281. The lowest BCUT2D eigenvalue weighted by Gasteiger charge is -2.14. The molecule has 0 heterocycles. The zero-order valence-electron chi connectivity index (χ0n) is 10.5. The monoisotopic (exact) mass is 275 g/mol. The van der Waals surface area contributed by atoms with Crippen LogP contribution in [0.3, 0.4) is 0 Å².